The molecule has 0 N–H and O–H groups in total. The van der Waals surface area contributed by atoms with Crippen LogP contribution in [0.25, 0.3) is 0 Å². The molecule has 0 spiro atoms. The average Bonchev–Trinajstić information content (AvgIpc) is 2.72. The number of carbonyl (C=O) groups excluding carboxylic acids is 1. The van der Waals surface area contributed by atoms with E-state index in [1.165, 1.54) is 18.2 Å². The highest BCUT2D eigenvalue weighted by Crippen LogP contribution is 2.35. The SMILES string of the molecule is CC(C)(C)OC(=O)CCN1CCOC(c2ccc(Oc3ccccc3OC(F)(F)F)cc2)C1. The number of hydrogen-bond acceptors (Lipinski definition) is 6. The largest absolute Gasteiger partial charge is 0.573 e. The molecule has 1 fully saturated rings. The molecule has 0 bridgehead atoms. The number of para-hydroxylation sites is 2. The van der Waals surface area contributed by atoms with Crippen molar-refractivity contribution in [2.45, 2.75) is 45.3 Å². The molecule has 1 aliphatic heterocycles. The number of rotatable bonds is 7. The highest BCUT2D eigenvalue weighted by atomic mass is 19.4. The maximum Gasteiger partial charge on any atom is 0.573 e. The van der Waals surface area contributed by atoms with Crippen molar-refractivity contribution in [2.75, 3.05) is 26.2 Å². The summed E-state index contributed by atoms with van der Waals surface area (Å²) in [4.78, 5) is 14.1. The molecule has 0 radical (unpaired) electrons. The lowest BCUT2D eigenvalue weighted by Gasteiger charge is -2.33. The normalized spacial score (nSPS) is 17.5. The number of ether oxygens (including phenoxy) is 4. The number of nitrogens with zero attached hydrogens (tertiary/aromatic N) is 1. The fraction of sp³-hybridized carbons (Fsp3) is 0.458. The molecule has 1 atom stereocenters. The maximum absolute atomic E-state index is 12.6. The molecule has 6 nitrogen and oxygen atoms in total. The predicted molar refractivity (Wildman–Crippen MR) is 115 cm³/mol. The van der Waals surface area contributed by atoms with Crippen molar-refractivity contribution in [3.05, 3.63) is 54.1 Å². The summed E-state index contributed by atoms with van der Waals surface area (Å²) in [5.74, 6) is -0.313. The molecule has 1 heterocycles. The Balaban J connectivity index is 1.57. The summed E-state index contributed by atoms with van der Waals surface area (Å²) >= 11 is 0. The predicted octanol–water partition coefficient (Wildman–Crippen LogP) is 5.48. The summed E-state index contributed by atoms with van der Waals surface area (Å²) in [6, 6.07) is 12.6. The van der Waals surface area contributed by atoms with Gasteiger partial charge in [0.25, 0.3) is 0 Å². The van der Waals surface area contributed by atoms with Gasteiger partial charge in [-0.25, -0.2) is 0 Å². The molecule has 1 aliphatic rings. The first-order chi connectivity index (χ1) is 15.5. The first-order valence-electron chi connectivity index (χ1n) is 10.7. The second-order valence-corrected chi connectivity index (χ2v) is 8.66. The van der Waals surface area contributed by atoms with E-state index in [0.717, 1.165) is 12.1 Å². The standard InChI is InChI=1S/C24H28F3NO5/c1-23(2,3)33-22(29)12-13-28-14-15-30-21(16-28)17-8-10-18(11-9-17)31-19-6-4-5-7-20(19)32-24(25,26)27/h4-11,21H,12-16H2,1-3H3. The van der Waals surface area contributed by atoms with Crippen molar-refractivity contribution in [3.8, 4) is 17.2 Å². The van der Waals surface area contributed by atoms with E-state index in [2.05, 4.69) is 9.64 Å². The molecular weight excluding hydrogens is 439 g/mol. The fourth-order valence-electron chi connectivity index (χ4n) is 3.37. The molecule has 0 aromatic heterocycles. The smallest absolute Gasteiger partial charge is 0.460 e. The topological polar surface area (TPSA) is 57.2 Å². The van der Waals surface area contributed by atoms with Gasteiger partial charge in [-0.1, -0.05) is 24.3 Å². The highest BCUT2D eigenvalue weighted by Gasteiger charge is 2.32. The van der Waals surface area contributed by atoms with Gasteiger partial charge in [0, 0.05) is 19.6 Å². The van der Waals surface area contributed by atoms with E-state index >= 15 is 0 Å². The minimum absolute atomic E-state index is 0.0372. The second-order valence-electron chi connectivity index (χ2n) is 8.66. The third kappa shape index (κ3) is 8.25. The van der Waals surface area contributed by atoms with E-state index in [1.54, 1.807) is 18.2 Å². The summed E-state index contributed by atoms with van der Waals surface area (Å²) in [5.41, 5.74) is 0.400. The molecule has 0 aliphatic carbocycles. The van der Waals surface area contributed by atoms with Crippen LogP contribution in [0.1, 0.15) is 38.9 Å². The minimum atomic E-state index is -4.81. The molecule has 3 rings (SSSR count). The Kier molecular flexibility index (Phi) is 7.86. The van der Waals surface area contributed by atoms with Crippen LogP contribution in [0.4, 0.5) is 13.2 Å². The van der Waals surface area contributed by atoms with Crippen molar-refractivity contribution in [2.24, 2.45) is 0 Å². The van der Waals surface area contributed by atoms with Crippen LogP contribution in [0, 0.1) is 0 Å². The molecular formula is C24H28F3NO5. The van der Waals surface area contributed by atoms with Crippen LogP contribution >= 0.6 is 0 Å². The van der Waals surface area contributed by atoms with Gasteiger partial charge in [0.05, 0.1) is 19.1 Å². The Bertz CT molecular complexity index is 925. The van der Waals surface area contributed by atoms with E-state index in [-0.39, 0.29) is 17.8 Å². The zero-order valence-electron chi connectivity index (χ0n) is 18.9. The molecule has 180 valence electrons. The Morgan fingerprint density at radius 1 is 1.06 bits per heavy atom. The number of alkyl halides is 3. The van der Waals surface area contributed by atoms with E-state index in [4.69, 9.17) is 14.2 Å². The molecule has 9 heteroatoms. The number of esters is 1. The van der Waals surface area contributed by atoms with Crippen LogP contribution in [0.5, 0.6) is 17.2 Å². The molecule has 2 aromatic carbocycles. The van der Waals surface area contributed by atoms with Crippen LogP contribution in [-0.2, 0) is 14.3 Å². The number of halogens is 3. The summed E-state index contributed by atoms with van der Waals surface area (Å²) < 4.78 is 58.6. The van der Waals surface area contributed by atoms with Crippen LogP contribution < -0.4 is 9.47 Å². The van der Waals surface area contributed by atoms with E-state index in [0.29, 0.717) is 31.9 Å². The molecule has 0 saturated carbocycles. The van der Waals surface area contributed by atoms with Crippen molar-refractivity contribution in [1.29, 1.82) is 0 Å². The van der Waals surface area contributed by atoms with Gasteiger partial charge < -0.3 is 18.9 Å². The first kappa shape index (κ1) is 24.9. The lowest BCUT2D eigenvalue weighted by atomic mass is 10.1. The third-order valence-electron chi connectivity index (χ3n) is 4.76. The van der Waals surface area contributed by atoms with E-state index in [1.807, 2.05) is 32.9 Å². The fourth-order valence-corrected chi connectivity index (χ4v) is 3.37. The lowest BCUT2D eigenvalue weighted by molar-refractivity contribution is -0.275. The van der Waals surface area contributed by atoms with Gasteiger partial charge in [0.1, 0.15) is 11.4 Å². The van der Waals surface area contributed by atoms with Gasteiger partial charge in [0.2, 0.25) is 0 Å². The highest BCUT2D eigenvalue weighted by molar-refractivity contribution is 5.70. The monoisotopic (exact) mass is 467 g/mol. The zero-order valence-corrected chi connectivity index (χ0v) is 18.9. The first-order valence-corrected chi connectivity index (χ1v) is 10.7. The van der Waals surface area contributed by atoms with E-state index in [9.17, 15) is 18.0 Å². The van der Waals surface area contributed by atoms with Crippen LogP contribution in [0.2, 0.25) is 0 Å². The molecule has 2 aromatic rings. The third-order valence-corrected chi connectivity index (χ3v) is 4.76. The summed E-state index contributed by atoms with van der Waals surface area (Å²) in [5, 5.41) is 0. The van der Waals surface area contributed by atoms with Crippen molar-refractivity contribution >= 4 is 5.97 Å². The Hall–Kier alpha value is -2.78. The number of carbonyl (C=O) groups is 1. The zero-order chi connectivity index (χ0) is 24.1. The molecule has 33 heavy (non-hydrogen) atoms. The minimum Gasteiger partial charge on any atom is -0.460 e. The number of benzene rings is 2. The quantitative estimate of drug-likeness (QED) is 0.503. The van der Waals surface area contributed by atoms with Gasteiger partial charge >= 0.3 is 12.3 Å². The Labute approximate surface area is 191 Å². The van der Waals surface area contributed by atoms with Gasteiger partial charge in [-0.3, -0.25) is 9.69 Å². The number of hydrogen-bond donors (Lipinski definition) is 0. The summed E-state index contributed by atoms with van der Waals surface area (Å²) in [7, 11) is 0. The van der Waals surface area contributed by atoms with Crippen LogP contribution in [0.3, 0.4) is 0 Å². The van der Waals surface area contributed by atoms with Gasteiger partial charge in [-0.15, -0.1) is 13.2 Å². The van der Waals surface area contributed by atoms with Crippen LogP contribution in [0.15, 0.2) is 48.5 Å². The van der Waals surface area contributed by atoms with Gasteiger partial charge in [0.15, 0.2) is 11.5 Å². The Morgan fingerprint density at radius 2 is 1.73 bits per heavy atom. The molecule has 0 amide bonds. The van der Waals surface area contributed by atoms with Crippen molar-refractivity contribution < 1.29 is 36.9 Å². The maximum atomic E-state index is 12.6. The summed E-state index contributed by atoms with van der Waals surface area (Å²) in [6.45, 7) is 7.95. The van der Waals surface area contributed by atoms with Crippen molar-refractivity contribution in [1.82, 2.24) is 4.90 Å². The van der Waals surface area contributed by atoms with Gasteiger partial charge in [-0.05, 0) is 50.6 Å². The second kappa shape index (κ2) is 10.4. The molecule has 1 unspecified atom stereocenters. The van der Waals surface area contributed by atoms with Gasteiger partial charge in [-0.2, -0.15) is 0 Å². The van der Waals surface area contributed by atoms with Crippen molar-refractivity contribution in [3.63, 3.8) is 0 Å². The Morgan fingerprint density at radius 3 is 2.36 bits per heavy atom. The average molecular weight is 467 g/mol. The van der Waals surface area contributed by atoms with E-state index < -0.39 is 17.7 Å². The summed E-state index contributed by atoms with van der Waals surface area (Å²) in [6.07, 6.45) is -4.69. The molecule has 1 saturated heterocycles. The van der Waals surface area contributed by atoms with Crippen LogP contribution in [-0.4, -0.2) is 49.1 Å². The lowest BCUT2D eigenvalue weighted by Crippen LogP contribution is -2.39. The number of morpholine rings is 1.